The van der Waals surface area contributed by atoms with Crippen molar-refractivity contribution in [3.63, 3.8) is 0 Å². The van der Waals surface area contributed by atoms with E-state index in [-0.39, 0.29) is 13.0 Å². The third-order valence-corrected chi connectivity index (χ3v) is 5.22. The zero-order valence-corrected chi connectivity index (χ0v) is 18.8. The number of methoxy groups -OCH3 is 2. The summed E-state index contributed by atoms with van der Waals surface area (Å²) < 4.78 is 16.0. The Labute approximate surface area is 179 Å². The molecule has 1 fully saturated rings. The van der Waals surface area contributed by atoms with Crippen molar-refractivity contribution in [2.75, 3.05) is 20.8 Å². The number of hydrogen-bond donors (Lipinski definition) is 0. The van der Waals surface area contributed by atoms with Gasteiger partial charge in [-0.2, -0.15) is 0 Å². The van der Waals surface area contributed by atoms with Crippen LogP contribution in [0.15, 0.2) is 36.4 Å². The van der Waals surface area contributed by atoms with Gasteiger partial charge < -0.3 is 14.2 Å². The minimum atomic E-state index is -1.24. The van der Waals surface area contributed by atoms with Gasteiger partial charge >= 0.3 is 18.0 Å². The van der Waals surface area contributed by atoms with Crippen LogP contribution in [0.5, 0.6) is 0 Å². The van der Waals surface area contributed by atoms with Gasteiger partial charge in [0, 0.05) is 17.4 Å². The number of amides is 1. The van der Waals surface area contributed by atoms with Gasteiger partial charge in [-0.25, -0.2) is 9.59 Å². The molecule has 7 nitrogen and oxygen atoms in total. The highest BCUT2D eigenvalue weighted by molar-refractivity contribution is 9.15. The molecule has 1 saturated heterocycles. The third kappa shape index (κ3) is 5.38. The summed E-state index contributed by atoms with van der Waals surface area (Å²) in [6, 6.07) is 8.41. The summed E-state index contributed by atoms with van der Waals surface area (Å²) in [5.74, 6) is -1.17. The summed E-state index contributed by atoms with van der Waals surface area (Å²) in [5.41, 5.74) is -1.14. The molecule has 0 bridgehead atoms. The topological polar surface area (TPSA) is 82.1 Å². The molecule has 0 aliphatic carbocycles. The molecule has 2 rings (SSSR count). The van der Waals surface area contributed by atoms with E-state index in [1.165, 1.54) is 19.1 Å². The van der Waals surface area contributed by atoms with Crippen molar-refractivity contribution in [2.24, 2.45) is 5.41 Å². The lowest BCUT2D eigenvalue weighted by Gasteiger charge is -2.28. The molecule has 29 heavy (non-hydrogen) atoms. The first-order chi connectivity index (χ1) is 13.5. The van der Waals surface area contributed by atoms with Crippen molar-refractivity contribution >= 4 is 38.4 Å². The van der Waals surface area contributed by atoms with Crippen LogP contribution in [-0.4, -0.2) is 55.3 Å². The third-order valence-electron chi connectivity index (χ3n) is 4.53. The first kappa shape index (κ1) is 22.9. The first-order valence-corrected chi connectivity index (χ1v) is 9.92. The van der Waals surface area contributed by atoms with Crippen LogP contribution in [0.2, 0.25) is 0 Å². The van der Waals surface area contributed by atoms with Crippen LogP contribution in [0, 0.1) is 5.41 Å². The van der Waals surface area contributed by atoms with Gasteiger partial charge in [0.25, 0.3) is 0 Å². The Kier molecular flexibility index (Phi) is 7.11. The van der Waals surface area contributed by atoms with Crippen molar-refractivity contribution in [2.45, 2.75) is 38.8 Å². The van der Waals surface area contributed by atoms with E-state index in [9.17, 15) is 14.4 Å². The number of rotatable bonds is 4. The minimum Gasteiger partial charge on any atom is -0.468 e. The fourth-order valence-corrected chi connectivity index (χ4v) is 3.93. The largest absolute Gasteiger partial charge is 0.468 e. The average Bonchev–Trinajstić information content (AvgIpc) is 3.07. The van der Waals surface area contributed by atoms with Crippen LogP contribution in [0.1, 0.15) is 32.8 Å². The monoisotopic (exact) mass is 467 g/mol. The molecule has 1 aliphatic rings. The summed E-state index contributed by atoms with van der Waals surface area (Å²) in [6.07, 6.45) is 1.02. The van der Waals surface area contributed by atoms with E-state index >= 15 is 0 Å². The second-order valence-corrected chi connectivity index (χ2v) is 8.71. The number of nitrogens with zero attached hydrogens (tertiary/aromatic N) is 1. The zero-order chi connectivity index (χ0) is 21.8. The molecule has 1 aromatic carbocycles. The Bertz CT molecular complexity index is 801. The summed E-state index contributed by atoms with van der Waals surface area (Å²) >= 11 is 3.51. The van der Waals surface area contributed by atoms with Crippen LogP contribution >= 0.6 is 15.9 Å². The molecule has 0 saturated carbocycles. The maximum Gasteiger partial charge on any atom is 0.411 e. The molecule has 0 spiro atoms. The number of carbonyl (C=O) groups is 3. The molecule has 1 amide bonds. The maximum absolute atomic E-state index is 12.8. The van der Waals surface area contributed by atoms with Gasteiger partial charge in [-0.05, 0) is 26.3 Å². The Balaban J connectivity index is 2.48. The Morgan fingerprint density at radius 1 is 1.14 bits per heavy atom. The average molecular weight is 468 g/mol. The van der Waals surface area contributed by atoms with Gasteiger partial charge in [-0.15, -0.1) is 0 Å². The van der Waals surface area contributed by atoms with Crippen LogP contribution in [-0.2, 0) is 23.8 Å². The molecule has 8 heteroatoms. The summed E-state index contributed by atoms with van der Waals surface area (Å²) in [5, 5.41) is 0. The normalized spacial score (nSPS) is 22.2. The Morgan fingerprint density at radius 2 is 1.76 bits per heavy atom. The molecule has 0 N–H and O–H groups in total. The first-order valence-electron chi connectivity index (χ1n) is 9.12. The lowest BCUT2D eigenvalue weighted by atomic mass is 9.84. The van der Waals surface area contributed by atoms with Crippen molar-refractivity contribution in [3.05, 3.63) is 42.0 Å². The lowest BCUT2D eigenvalue weighted by Crippen LogP contribution is -2.44. The van der Waals surface area contributed by atoms with Gasteiger partial charge in [0.15, 0.2) is 0 Å². The molecule has 0 unspecified atom stereocenters. The van der Waals surface area contributed by atoms with Crippen LogP contribution in [0.3, 0.4) is 0 Å². The summed E-state index contributed by atoms with van der Waals surface area (Å²) in [4.78, 5) is 39.2. The number of esters is 2. The molecule has 0 radical (unpaired) electrons. The molecular weight excluding hydrogens is 442 g/mol. The van der Waals surface area contributed by atoms with Crippen molar-refractivity contribution in [3.8, 4) is 0 Å². The van der Waals surface area contributed by atoms with E-state index in [1.54, 1.807) is 26.8 Å². The number of halogens is 1. The fourth-order valence-electron chi connectivity index (χ4n) is 3.23. The van der Waals surface area contributed by atoms with Gasteiger partial charge in [-0.1, -0.05) is 52.3 Å². The van der Waals surface area contributed by atoms with E-state index in [0.717, 1.165) is 5.56 Å². The number of benzene rings is 1. The van der Waals surface area contributed by atoms with Crippen molar-refractivity contribution in [1.82, 2.24) is 4.90 Å². The van der Waals surface area contributed by atoms with Gasteiger partial charge in [0.2, 0.25) is 0 Å². The summed E-state index contributed by atoms with van der Waals surface area (Å²) in [6.45, 7) is 5.12. The molecule has 158 valence electrons. The smallest absolute Gasteiger partial charge is 0.411 e. The van der Waals surface area contributed by atoms with E-state index in [1.807, 2.05) is 30.3 Å². The van der Waals surface area contributed by atoms with E-state index in [2.05, 4.69) is 15.9 Å². The number of carbonyl (C=O) groups excluding carboxylic acids is 3. The van der Waals surface area contributed by atoms with Crippen LogP contribution in [0.25, 0.3) is 4.48 Å². The van der Waals surface area contributed by atoms with E-state index in [0.29, 0.717) is 4.48 Å². The summed E-state index contributed by atoms with van der Waals surface area (Å²) in [7, 11) is 2.51. The van der Waals surface area contributed by atoms with Gasteiger partial charge in [0.05, 0.1) is 14.2 Å². The highest BCUT2D eigenvalue weighted by Crippen LogP contribution is 2.42. The van der Waals surface area contributed by atoms with Crippen molar-refractivity contribution < 1.29 is 28.6 Å². The van der Waals surface area contributed by atoms with Gasteiger partial charge in [0.1, 0.15) is 17.1 Å². The predicted molar refractivity (Wildman–Crippen MR) is 111 cm³/mol. The van der Waals surface area contributed by atoms with Gasteiger partial charge in [-0.3, -0.25) is 9.69 Å². The Morgan fingerprint density at radius 3 is 2.28 bits per heavy atom. The maximum atomic E-state index is 12.8. The SMILES string of the molecule is COC(=O)[C@@H]1C[C@](/C=C(/Br)c2ccccc2)(C(=O)OC)CN1C(=O)OC(C)(C)C. The van der Waals surface area contributed by atoms with E-state index < -0.39 is 35.1 Å². The number of ether oxygens (including phenoxy) is 3. The molecule has 1 aromatic rings. The number of likely N-dealkylation sites (tertiary alicyclic amines) is 1. The lowest BCUT2D eigenvalue weighted by molar-refractivity contribution is -0.149. The highest BCUT2D eigenvalue weighted by Gasteiger charge is 2.54. The Hall–Kier alpha value is -2.35. The zero-order valence-electron chi connectivity index (χ0n) is 17.2. The second kappa shape index (κ2) is 8.98. The van der Waals surface area contributed by atoms with Crippen LogP contribution in [0.4, 0.5) is 4.79 Å². The predicted octanol–water partition coefficient (Wildman–Crippen LogP) is 3.76. The van der Waals surface area contributed by atoms with Crippen molar-refractivity contribution in [1.29, 1.82) is 0 Å². The second-order valence-electron chi connectivity index (χ2n) is 7.86. The minimum absolute atomic E-state index is 0.0214. The fraction of sp³-hybridized carbons (Fsp3) is 0.476. The molecular formula is C21H26BrNO6. The van der Waals surface area contributed by atoms with E-state index in [4.69, 9.17) is 14.2 Å². The molecule has 1 heterocycles. The highest BCUT2D eigenvalue weighted by atomic mass is 79.9. The van der Waals surface area contributed by atoms with Crippen LogP contribution < -0.4 is 0 Å². The quantitative estimate of drug-likeness (QED) is 0.495. The molecule has 1 aliphatic heterocycles. The number of hydrogen-bond acceptors (Lipinski definition) is 6. The molecule has 0 aromatic heterocycles. The molecule has 2 atom stereocenters. The standard InChI is InChI=1S/C21H26BrNO6/c1-20(2,3)29-19(26)23-13-21(18(25)28-5,12-16(23)17(24)27-4)11-15(22)14-9-7-6-8-10-14/h6-11,16H,12-13H2,1-5H3/b15-11+/t16-,21-/m0/s1.